The highest BCUT2D eigenvalue weighted by Crippen LogP contribution is 2.32. The van der Waals surface area contributed by atoms with Crippen LogP contribution in [0.15, 0.2) is 28.9 Å². The maximum atomic E-state index is 12.4. The molecule has 1 fully saturated rings. The minimum Gasteiger partial charge on any atom is -0.459 e. The van der Waals surface area contributed by atoms with Gasteiger partial charge in [-0.25, -0.2) is 0 Å². The Labute approximate surface area is 141 Å². The number of rotatable bonds is 2. The zero-order valence-electron chi connectivity index (χ0n) is 11.4. The molecule has 0 radical (unpaired) electrons. The number of carbonyl (C=O) groups excluding carboxylic acids is 2. The quantitative estimate of drug-likeness (QED) is 0.827. The number of amides is 2. The van der Waals surface area contributed by atoms with E-state index in [1.54, 1.807) is 28.0 Å². The molecule has 1 aliphatic rings. The molecule has 3 rings (SSSR count). The SMILES string of the molecule is O=C(c1ccco1)N1CCN(C(=O)c2cc(Cl)sc2Cl)CC1. The molecule has 2 aromatic rings. The Balaban J connectivity index is 1.63. The number of carbonyl (C=O) groups is 2. The predicted octanol–water partition coefficient (Wildman–Crippen LogP) is 3.25. The van der Waals surface area contributed by atoms with Crippen molar-refractivity contribution >= 4 is 46.4 Å². The fourth-order valence-electron chi connectivity index (χ4n) is 2.33. The molecule has 0 spiro atoms. The second kappa shape index (κ2) is 6.32. The zero-order chi connectivity index (χ0) is 15.7. The van der Waals surface area contributed by atoms with E-state index in [-0.39, 0.29) is 11.8 Å². The van der Waals surface area contributed by atoms with Gasteiger partial charge in [0.05, 0.1) is 16.2 Å². The van der Waals surface area contributed by atoms with Crippen LogP contribution in [0.5, 0.6) is 0 Å². The summed E-state index contributed by atoms with van der Waals surface area (Å²) in [5.41, 5.74) is 0.419. The highest BCUT2D eigenvalue weighted by molar-refractivity contribution is 7.20. The normalized spacial score (nSPS) is 15.2. The molecule has 0 unspecified atom stereocenters. The minimum absolute atomic E-state index is 0.154. The van der Waals surface area contributed by atoms with E-state index in [0.717, 1.165) is 0 Å². The molecule has 1 aliphatic heterocycles. The van der Waals surface area contributed by atoms with Crippen molar-refractivity contribution in [2.24, 2.45) is 0 Å². The van der Waals surface area contributed by atoms with Gasteiger partial charge in [0, 0.05) is 26.2 Å². The van der Waals surface area contributed by atoms with Crippen molar-refractivity contribution < 1.29 is 14.0 Å². The van der Waals surface area contributed by atoms with Crippen molar-refractivity contribution in [2.75, 3.05) is 26.2 Å². The summed E-state index contributed by atoms with van der Waals surface area (Å²) in [5.74, 6) is -0.000561. The van der Waals surface area contributed by atoms with Crippen LogP contribution >= 0.6 is 34.5 Å². The maximum absolute atomic E-state index is 12.4. The van der Waals surface area contributed by atoms with Gasteiger partial charge < -0.3 is 14.2 Å². The fraction of sp³-hybridized carbons (Fsp3) is 0.286. The number of furan rings is 1. The third kappa shape index (κ3) is 2.99. The van der Waals surface area contributed by atoms with Crippen LogP contribution in [0.4, 0.5) is 0 Å². The summed E-state index contributed by atoms with van der Waals surface area (Å²) < 4.78 is 5.99. The van der Waals surface area contributed by atoms with Crippen LogP contribution in [0.25, 0.3) is 0 Å². The average molecular weight is 359 g/mol. The third-order valence-electron chi connectivity index (χ3n) is 3.47. The number of thiophene rings is 1. The lowest BCUT2D eigenvalue weighted by Crippen LogP contribution is -2.50. The van der Waals surface area contributed by atoms with Crippen molar-refractivity contribution in [3.05, 3.63) is 44.5 Å². The van der Waals surface area contributed by atoms with Gasteiger partial charge in [-0.3, -0.25) is 9.59 Å². The molecule has 1 saturated heterocycles. The Kier molecular flexibility index (Phi) is 4.42. The second-order valence-electron chi connectivity index (χ2n) is 4.80. The first-order valence-corrected chi connectivity index (χ1v) is 8.20. The van der Waals surface area contributed by atoms with Crippen molar-refractivity contribution in [2.45, 2.75) is 0 Å². The van der Waals surface area contributed by atoms with E-state index in [2.05, 4.69) is 0 Å². The van der Waals surface area contributed by atoms with Crippen LogP contribution in [0.2, 0.25) is 8.67 Å². The first kappa shape index (κ1) is 15.4. The average Bonchev–Trinajstić information content (AvgIpc) is 3.15. The van der Waals surface area contributed by atoms with Gasteiger partial charge >= 0.3 is 0 Å². The van der Waals surface area contributed by atoms with Gasteiger partial charge in [-0.2, -0.15) is 0 Å². The molecular weight excluding hydrogens is 347 g/mol. The zero-order valence-corrected chi connectivity index (χ0v) is 13.7. The van der Waals surface area contributed by atoms with Crippen LogP contribution in [0.3, 0.4) is 0 Å². The molecule has 0 saturated carbocycles. The van der Waals surface area contributed by atoms with Crippen molar-refractivity contribution in [1.29, 1.82) is 0 Å². The Hall–Kier alpha value is -1.50. The first-order valence-electron chi connectivity index (χ1n) is 6.63. The topological polar surface area (TPSA) is 53.8 Å². The highest BCUT2D eigenvalue weighted by atomic mass is 35.5. The standard InChI is InChI=1S/C14H12Cl2N2O3S/c15-11-8-9(12(16)22-11)13(19)17-3-5-18(6-4-17)14(20)10-2-1-7-21-10/h1-2,7-8H,3-6H2. The Morgan fingerprint density at radius 2 is 1.73 bits per heavy atom. The lowest BCUT2D eigenvalue weighted by atomic mass is 10.2. The van der Waals surface area contributed by atoms with Gasteiger partial charge in [-0.05, 0) is 18.2 Å². The monoisotopic (exact) mass is 358 g/mol. The van der Waals surface area contributed by atoms with E-state index in [1.807, 2.05) is 0 Å². The van der Waals surface area contributed by atoms with Crippen molar-refractivity contribution in [3.63, 3.8) is 0 Å². The number of nitrogens with zero attached hydrogens (tertiary/aromatic N) is 2. The van der Waals surface area contributed by atoms with Crippen LogP contribution in [0.1, 0.15) is 20.9 Å². The molecule has 0 aliphatic carbocycles. The van der Waals surface area contributed by atoms with E-state index in [9.17, 15) is 9.59 Å². The minimum atomic E-state index is -0.159. The summed E-state index contributed by atoms with van der Waals surface area (Å²) in [6, 6.07) is 4.89. The van der Waals surface area contributed by atoms with Gasteiger partial charge in [-0.1, -0.05) is 23.2 Å². The second-order valence-corrected chi connectivity index (χ2v) is 7.09. The molecule has 0 aromatic carbocycles. The number of hydrogen-bond donors (Lipinski definition) is 0. The molecule has 116 valence electrons. The largest absolute Gasteiger partial charge is 0.459 e. The van der Waals surface area contributed by atoms with Crippen LogP contribution in [-0.2, 0) is 0 Å². The molecule has 3 heterocycles. The lowest BCUT2D eigenvalue weighted by Gasteiger charge is -2.34. The smallest absolute Gasteiger partial charge is 0.289 e. The molecular formula is C14H12Cl2N2O3S. The summed E-state index contributed by atoms with van der Waals surface area (Å²) in [6.45, 7) is 1.83. The molecule has 8 heteroatoms. The Morgan fingerprint density at radius 3 is 2.23 bits per heavy atom. The summed E-state index contributed by atoms with van der Waals surface area (Å²) in [4.78, 5) is 27.9. The van der Waals surface area contributed by atoms with Gasteiger partial charge in [0.1, 0.15) is 4.34 Å². The number of halogens is 2. The summed E-state index contributed by atoms with van der Waals surface area (Å²) in [6.07, 6.45) is 1.47. The van der Waals surface area contributed by atoms with E-state index in [4.69, 9.17) is 27.6 Å². The highest BCUT2D eigenvalue weighted by Gasteiger charge is 2.28. The van der Waals surface area contributed by atoms with E-state index in [0.29, 0.717) is 46.2 Å². The predicted molar refractivity (Wildman–Crippen MR) is 84.9 cm³/mol. The van der Waals surface area contributed by atoms with E-state index >= 15 is 0 Å². The molecule has 0 atom stereocenters. The molecule has 2 aromatic heterocycles. The van der Waals surface area contributed by atoms with Crippen LogP contribution in [0, 0.1) is 0 Å². The van der Waals surface area contributed by atoms with Gasteiger partial charge in [0.25, 0.3) is 11.8 Å². The molecule has 5 nitrogen and oxygen atoms in total. The van der Waals surface area contributed by atoms with E-state index < -0.39 is 0 Å². The van der Waals surface area contributed by atoms with Gasteiger partial charge in [0.15, 0.2) is 5.76 Å². The molecule has 0 bridgehead atoms. The fourth-order valence-corrected chi connectivity index (χ4v) is 3.77. The van der Waals surface area contributed by atoms with Crippen molar-refractivity contribution in [1.82, 2.24) is 9.80 Å². The summed E-state index contributed by atoms with van der Waals surface area (Å²) in [5, 5.41) is 0. The summed E-state index contributed by atoms with van der Waals surface area (Å²) >= 11 is 13.1. The molecule has 0 N–H and O–H groups in total. The number of hydrogen-bond acceptors (Lipinski definition) is 4. The summed E-state index contributed by atoms with van der Waals surface area (Å²) in [7, 11) is 0. The first-order chi connectivity index (χ1) is 10.6. The molecule has 22 heavy (non-hydrogen) atoms. The Bertz CT molecular complexity index is 691. The third-order valence-corrected chi connectivity index (χ3v) is 4.96. The van der Waals surface area contributed by atoms with E-state index in [1.165, 1.54) is 17.6 Å². The Morgan fingerprint density at radius 1 is 1.09 bits per heavy atom. The maximum Gasteiger partial charge on any atom is 0.289 e. The lowest BCUT2D eigenvalue weighted by molar-refractivity contribution is 0.0518. The molecule has 2 amide bonds. The van der Waals surface area contributed by atoms with Crippen molar-refractivity contribution in [3.8, 4) is 0 Å². The van der Waals surface area contributed by atoms with Gasteiger partial charge in [-0.15, -0.1) is 11.3 Å². The van der Waals surface area contributed by atoms with Crippen LogP contribution in [-0.4, -0.2) is 47.8 Å². The number of piperazine rings is 1. The van der Waals surface area contributed by atoms with Gasteiger partial charge in [0.2, 0.25) is 0 Å². The van der Waals surface area contributed by atoms with Crippen LogP contribution < -0.4 is 0 Å².